The Balaban J connectivity index is 1.14. The second-order valence-electron chi connectivity index (χ2n) is 9.18. The lowest BCUT2D eigenvalue weighted by Crippen LogP contribution is -2.52. The van der Waals surface area contributed by atoms with Gasteiger partial charge in [0, 0.05) is 51.7 Å². The average molecular weight is 463 g/mol. The number of ether oxygens (including phenoxy) is 1. The molecule has 2 aliphatic rings. The van der Waals surface area contributed by atoms with Crippen LogP contribution in [0.5, 0.6) is 5.75 Å². The number of urea groups is 1. The molecule has 0 radical (unpaired) electrons. The summed E-state index contributed by atoms with van der Waals surface area (Å²) < 4.78 is 7.37. The third-order valence-electron chi connectivity index (χ3n) is 6.99. The number of nitrogens with zero attached hydrogens (tertiary/aromatic N) is 5. The van der Waals surface area contributed by atoms with Crippen LogP contribution in [-0.4, -0.2) is 83.0 Å². The molecule has 0 saturated carbocycles. The number of nitrogens with one attached hydrogen (secondary N) is 1. The van der Waals surface area contributed by atoms with E-state index in [0.29, 0.717) is 6.54 Å². The Kier molecular flexibility index (Phi) is 6.97. The second kappa shape index (κ2) is 10.4. The largest absolute Gasteiger partial charge is 0.497 e. The molecule has 2 amide bonds. The number of carbonyl (C=O) groups excluding carboxylic acids is 1. The summed E-state index contributed by atoms with van der Waals surface area (Å²) in [5, 5.41) is 3.22. The molecule has 180 valence electrons. The molecular formula is C26H34N6O2. The third kappa shape index (κ3) is 5.18. The smallest absolute Gasteiger partial charge is 0.317 e. The summed E-state index contributed by atoms with van der Waals surface area (Å²) in [6, 6.07) is 14.5. The topological polar surface area (TPSA) is 65.3 Å². The fourth-order valence-electron chi connectivity index (χ4n) is 5.03. The van der Waals surface area contributed by atoms with Gasteiger partial charge in [0.25, 0.3) is 0 Å². The molecule has 1 aromatic carbocycles. The van der Waals surface area contributed by atoms with Gasteiger partial charge in [-0.2, -0.15) is 0 Å². The maximum absolute atomic E-state index is 13.0. The lowest BCUT2D eigenvalue weighted by atomic mass is 10.1. The van der Waals surface area contributed by atoms with Gasteiger partial charge in [0.15, 0.2) is 0 Å². The molecule has 0 aliphatic carbocycles. The maximum Gasteiger partial charge on any atom is 0.317 e. The minimum atomic E-state index is 0.0325. The predicted molar refractivity (Wildman–Crippen MR) is 132 cm³/mol. The van der Waals surface area contributed by atoms with E-state index in [4.69, 9.17) is 9.72 Å². The summed E-state index contributed by atoms with van der Waals surface area (Å²) >= 11 is 0. The van der Waals surface area contributed by atoms with E-state index in [2.05, 4.69) is 37.8 Å². The van der Waals surface area contributed by atoms with Crippen LogP contribution in [0.25, 0.3) is 5.65 Å². The zero-order valence-electron chi connectivity index (χ0n) is 19.9. The van der Waals surface area contributed by atoms with Crippen molar-refractivity contribution in [1.29, 1.82) is 0 Å². The van der Waals surface area contributed by atoms with Crippen molar-refractivity contribution in [1.82, 2.24) is 29.4 Å². The SMILES string of the molecule is COc1ccc(C(CNC(=O)N2CCN(Cc3cn4ccccc4n3)CC2)N2CCCC2)cc1. The number of rotatable bonds is 7. The Morgan fingerprint density at radius 1 is 1.03 bits per heavy atom. The van der Waals surface area contributed by atoms with E-state index in [-0.39, 0.29) is 12.1 Å². The maximum atomic E-state index is 13.0. The van der Waals surface area contributed by atoms with Crippen LogP contribution >= 0.6 is 0 Å². The summed E-state index contributed by atoms with van der Waals surface area (Å²) in [7, 11) is 1.68. The first-order valence-corrected chi connectivity index (χ1v) is 12.3. The molecule has 1 unspecified atom stereocenters. The van der Waals surface area contributed by atoms with Crippen molar-refractivity contribution < 1.29 is 9.53 Å². The van der Waals surface area contributed by atoms with Crippen molar-refractivity contribution in [3.05, 3.63) is 66.1 Å². The monoisotopic (exact) mass is 462 g/mol. The van der Waals surface area contributed by atoms with Gasteiger partial charge in [0.1, 0.15) is 11.4 Å². The van der Waals surface area contributed by atoms with E-state index in [1.807, 2.05) is 41.4 Å². The zero-order chi connectivity index (χ0) is 23.3. The highest BCUT2D eigenvalue weighted by molar-refractivity contribution is 5.74. The highest BCUT2D eigenvalue weighted by Crippen LogP contribution is 2.26. The molecule has 2 aromatic heterocycles. The van der Waals surface area contributed by atoms with Gasteiger partial charge in [-0.25, -0.2) is 9.78 Å². The minimum Gasteiger partial charge on any atom is -0.497 e. The first-order valence-electron chi connectivity index (χ1n) is 12.3. The van der Waals surface area contributed by atoms with Crippen LogP contribution in [-0.2, 0) is 6.54 Å². The van der Waals surface area contributed by atoms with Gasteiger partial charge in [-0.1, -0.05) is 18.2 Å². The summed E-state index contributed by atoms with van der Waals surface area (Å²) in [6.45, 7) is 6.76. The van der Waals surface area contributed by atoms with Crippen LogP contribution in [0.2, 0.25) is 0 Å². The number of benzene rings is 1. The summed E-state index contributed by atoms with van der Waals surface area (Å²) in [5.41, 5.74) is 3.26. The average Bonchev–Trinajstić information content (AvgIpc) is 3.55. The van der Waals surface area contributed by atoms with Gasteiger partial charge in [-0.15, -0.1) is 0 Å². The van der Waals surface area contributed by atoms with Gasteiger partial charge in [-0.3, -0.25) is 9.80 Å². The Bertz CT molecular complexity index is 1050. The Morgan fingerprint density at radius 2 is 1.79 bits per heavy atom. The molecule has 5 rings (SSSR count). The lowest BCUT2D eigenvalue weighted by Gasteiger charge is -2.35. The molecule has 2 fully saturated rings. The number of amides is 2. The van der Waals surface area contributed by atoms with Crippen molar-refractivity contribution in [2.45, 2.75) is 25.4 Å². The highest BCUT2D eigenvalue weighted by Gasteiger charge is 2.26. The van der Waals surface area contributed by atoms with Gasteiger partial charge >= 0.3 is 6.03 Å². The number of piperazine rings is 1. The summed E-state index contributed by atoms with van der Waals surface area (Å²) in [4.78, 5) is 24.5. The molecule has 2 aliphatic heterocycles. The van der Waals surface area contributed by atoms with E-state index in [9.17, 15) is 4.79 Å². The number of carbonyl (C=O) groups is 1. The molecule has 8 nitrogen and oxygen atoms in total. The first kappa shape index (κ1) is 22.7. The number of pyridine rings is 1. The number of aromatic nitrogens is 2. The van der Waals surface area contributed by atoms with Gasteiger partial charge in [-0.05, 0) is 55.8 Å². The van der Waals surface area contributed by atoms with Gasteiger partial charge < -0.3 is 19.4 Å². The van der Waals surface area contributed by atoms with Crippen LogP contribution < -0.4 is 10.1 Å². The molecule has 0 spiro atoms. The van der Waals surface area contributed by atoms with Crippen molar-refractivity contribution in [2.75, 3.05) is 52.9 Å². The Hall–Kier alpha value is -3.10. The predicted octanol–water partition coefficient (Wildman–Crippen LogP) is 3.01. The number of fused-ring (bicyclic) bond motifs is 1. The van der Waals surface area contributed by atoms with Crippen molar-refractivity contribution in [3.63, 3.8) is 0 Å². The molecule has 1 atom stereocenters. The molecule has 1 N–H and O–H groups in total. The molecule has 0 bridgehead atoms. The summed E-state index contributed by atoms with van der Waals surface area (Å²) in [5.74, 6) is 0.856. The van der Waals surface area contributed by atoms with E-state index in [1.54, 1.807) is 7.11 Å². The van der Waals surface area contributed by atoms with Gasteiger partial charge in [0.2, 0.25) is 0 Å². The fraction of sp³-hybridized carbons (Fsp3) is 0.462. The number of hydrogen-bond donors (Lipinski definition) is 1. The first-order chi connectivity index (χ1) is 16.7. The van der Waals surface area contributed by atoms with Crippen LogP contribution in [0.3, 0.4) is 0 Å². The van der Waals surface area contributed by atoms with Gasteiger partial charge in [0.05, 0.1) is 18.8 Å². The Morgan fingerprint density at radius 3 is 2.50 bits per heavy atom. The normalized spacial score (nSPS) is 18.3. The second-order valence-corrected chi connectivity index (χ2v) is 9.18. The molecule has 34 heavy (non-hydrogen) atoms. The minimum absolute atomic E-state index is 0.0325. The molecule has 8 heteroatoms. The number of hydrogen-bond acceptors (Lipinski definition) is 5. The lowest BCUT2D eigenvalue weighted by molar-refractivity contribution is 0.132. The van der Waals surface area contributed by atoms with E-state index >= 15 is 0 Å². The molecule has 3 aromatic rings. The van der Waals surface area contributed by atoms with Crippen molar-refractivity contribution in [3.8, 4) is 5.75 Å². The number of likely N-dealkylation sites (tertiary alicyclic amines) is 1. The van der Waals surface area contributed by atoms with Crippen LogP contribution in [0.15, 0.2) is 54.9 Å². The fourth-order valence-corrected chi connectivity index (χ4v) is 5.03. The summed E-state index contributed by atoms with van der Waals surface area (Å²) in [6.07, 6.45) is 6.55. The number of imidazole rings is 1. The Labute approximate surface area is 201 Å². The van der Waals surface area contributed by atoms with E-state index in [1.165, 1.54) is 18.4 Å². The molecular weight excluding hydrogens is 428 g/mol. The van der Waals surface area contributed by atoms with Crippen molar-refractivity contribution in [2.24, 2.45) is 0 Å². The molecule has 4 heterocycles. The molecule has 2 saturated heterocycles. The quantitative estimate of drug-likeness (QED) is 0.585. The van der Waals surface area contributed by atoms with E-state index in [0.717, 1.165) is 62.9 Å². The third-order valence-corrected chi connectivity index (χ3v) is 6.99. The standard InChI is InChI=1S/C26H34N6O2/c1-34-23-9-7-21(8-10-23)24(30-11-4-5-12-30)18-27-26(33)31-16-14-29(15-17-31)19-22-20-32-13-3-2-6-25(32)28-22/h2-3,6-10,13,20,24H,4-5,11-12,14-19H2,1H3,(H,27,33). The van der Waals surface area contributed by atoms with Crippen molar-refractivity contribution >= 4 is 11.7 Å². The van der Waals surface area contributed by atoms with Crippen LogP contribution in [0.4, 0.5) is 4.79 Å². The zero-order valence-corrected chi connectivity index (χ0v) is 19.9. The van der Waals surface area contributed by atoms with E-state index < -0.39 is 0 Å². The highest BCUT2D eigenvalue weighted by atomic mass is 16.5. The number of methoxy groups -OCH3 is 1. The van der Waals surface area contributed by atoms with Crippen LogP contribution in [0.1, 0.15) is 30.1 Å². The van der Waals surface area contributed by atoms with Crippen LogP contribution in [0, 0.1) is 0 Å².